The van der Waals surface area contributed by atoms with Crippen molar-refractivity contribution in [3.63, 3.8) is 0 Å². The molecule has 160 valence electrons. The summed E-state index contributed by atoms with van der Waals surface area (Å²) in [4.78, 5) is 42.9. The number of hydrogen-bond acceptors (Lipinski definition) is 7. The molecule has 0 radical (unpaired) electrons. The van der Waals surface area contributed by atoms with Crippen molar-refractivity contribution >= 4 is 51.3 Å². The number of nitrogens with zero attached hydrogens (tertiary/aromatic N) is 3. The van der Waals surface area contributed by atoms with Gasteiger partial charge in [0.2, 0.25) is 11.8 Å². The van der Waals surface area contributed by atoms with Crippen LogP contribution in [0.25, 0.3) is 0 Å². The summed E-state index contributed by atoms with van der Waals surface area (Å²) in [5.41, 5.74) is 0.747. The van der Waals surface area contributed by atoms with Crippen LogP contribution in [0.5, 0.6) is 0 Å². The summed E-state index contributed by atoms with van der Waals surface area (Å²) >= 11 is 7.24. The molecular weight excluding hydrogens is 430 g/mol. The molecule has 1 aliphatic heterocycles. The lowest BCUT2D eigenvalue weighted by molar-refractivity contribution is -0.383. The van der Waals surface area contributed by atoms with E-state index >= 15 is 0 Å². The van der Waals surface area contributed by atoms with Crippen molar-refractivity contribution in [3.05, 3.63) is 43.9 Å². The second-order valence-electron chi connectivity index (χ2n) is 7.19. The van der Waals surface area contributed by atoms with Crippen LogP contribution in [0.3, 0.4) is 0 Å². The number of nitro benzene ring substituents is 1. The third-order valence-electron chi connectivity index (χ3n) is 4.93. The molecule has 2 amide bonds. The van der Waals surface area contributed by atoms with Crippen LogP contribution in [0, 0.1) is 29.9 Å². The molecule has 2 N–H and O–H groups in total. The first-order valence-electron chi connectivity index (χ1n) is 9.44. The highest BCUT2D eigenvalue weighted by molar-refractivity contribution is 7.15. The maximum Gasteiger partial charge on any atom is 0.294 e. The predicted octanol–water partition coefficient (Wildman–Crippen LogP) is 3.61. The zero-order valence-electron chi connectivity index (χ0n) is 16.6. The van der Waals surface area contributed by atoms with Gasteiger partial charge in [0, 0.05) is 22.5 Å². The Morgan fingerprint density at radius 3 is 2.80 bits per heavy atom. The fourth-order valence-electron chi connectivity index (χ4n) is 3.30. The Morgan fingerprint density at radius 2 is 2.13 bits per heavy atom. The largest absolute Gasteiger partial charge is 0.320 e. The van der Waals surface area contributed by atoms with Gasteiger partial charge in [-0.15, -0.1) is 11.3 Å². The van der Waals surface area contributed by atoms with E-state index < -0.39 is 4.92 Å². The quantitative estimate of drug-likeness (QED) is 0.511. The Labute approximate surface area is 182 Å². The van der Waals surface area contributed by atoms with E-state index in [2.05, 4.69) is 15.6 Å². The van der Waals surface area contributed by atoms with E-state index in [0.29, 0.717) is 24.6 Å². The Morgan fingerprint density at radius 1 is 1.37 bits per heavy atom. The Hall–Kier alpha value is -2.56. The van der Waals surface area contributed by atoms with E-state index in [-0.39, 0.29) is 40.7 Å². The van der Waals surface area contributed by atoms with Crippen molar-refractivity contribution in [1.82, 2.24) is 9.88 Å². The molecular formula is C19H22ClN5O4S. The number of anilines is 2. The lowest BCUT2D eigenvalue weighted by Gasteiger charge is -2.31. The number of aromatic nitrogens is 1. The summed E-state index contributed by atoms with van der Waals surface area (Å²) in [6, 6.07) is 4.12. The van der Waals surface area contributed by atoms with Gasteiger partial charge in [0.15, 0.2) is 5.13 Å². The normalized spacial score (nSPS) is 16.8. The molecule has 0 saturated carbocycles. The van der Waals surface area contributed by atoms with Crippen LogP contribution < -0.4 is 10.6 Å². The number of carbonyl (C=O) groups is 2. The van der Waals surface area contributed by atoms with Crippen LogP contribution in [-0.4, -0.2) is 46.3 Å². The van der Waals surface area contributed by atoms with Crippen molar-refractivity contribution in [3.8, 4) is 0 Å². The highest BCUT2D eigenvalue weighted by Gasteiger charge is 2.28. The van der Waals surface area contributed by atoms with Gasteiger partial charge in [-0.1, -0.05) is 11.6 Å². The average Bonchev–Trinajstić information content (AvgIpc) is 2.99. The number of aryl methyl sites for hydroxylation is 2. The molecule has 1 aromatic heterocycles. The van der Waals surface area contributed by atoms with Gasteiger partial charge in [0.1, 0.15) is 5.69 Å². The number of nitro groups is 1. The number of thiazole rings is 1. The summed E-state index contributed by atoms with van der Waals surface area (Å²) in [6.07, 6.45) is 1.40. The average molecular weight is 452 g/mol. The number of halogens is 1. The van der Waals surface area contributed by atoms with Gasteiger partial charge in [0.05, 0.1) is 23.1 Å². The van der Waals surface area contributed by atoms with E-state index in [1.165, 1.54) is 29.5 Å². The molecule has 2 aromatic rings. The minimum Gasteiger partial charge on any atom is -0.320 e. The molecule has 1 aromatic carbocycles. The SMILES string of the molecule is Cc1nc(NC(=O)CN2CCCC(C(=O)Nc3ccc(Cl)cc3[N+](=O)[O-])C2)sc1C. The second kappa shape index (κ2) is 9.50. The molecule has 0 spiro atoms. The number of likely N-dealkylation sites (tertiary alicyclic amines) is 1. The minimum absolute atomic E-state index is 0.110. The third kappa shape index (κ3) is 5.53. The first-order valence-corrected chi connectivity index (χ1v) is 10.6. The van der Waals surface area contributed by atoms with Crippen LogP contribution in [0.15, 0.2) is 18.2 Å². The number of piperidine rings is 1. The van der Waals surface area contributed by atoms with E-state index in [1.54, 1.807) is 0 Å². The van der Waals surface area contributed by atoms with Crippen LogP contribution in [0.4, 0.5) is 16.5 Å². The Balaban J connectivity index is 1.58. The van der Waals surface area contributed by atoms with Crippen molar-refractivity contribution in [1.29, 1.82) is 0 Å². The highest BCUT2D eigenvalue weighted by Crippen LogP contribution is 2.29. The molecule has 11 heteroatoms. The lowest BCUT2D eigenvalue weighted by Crippen LogP contribution is -2.44. The van der Waals surface area contributed by atoms with Crippen LogP contribution in [0.2, 0.25) is 5.02 Å². The fourth-order valence-corrected chi connectivity index (χ4v) is 4.29. The lowest BCUT2D eigenvalue weighted by atomic mass is 9.97. The summed E-state index contributed by atoms with van der Waals surface area (Å²) < 4.78 is 0. The van der Waals surface area contributed by atoms with Crippen molar-refractivity contribution in [2.24, 2.45) is 5.92 Å². The molecule has 1 unspecified atom stereocenters. The molecule has 1 aliphatic rings. The Kier molecular flexibility index (Phi) is 7.01. The monoisotopic (exact) mass is 451 g/mol. The van der Waals surface area contributed by atoms with Crippen molar-refractivity contribution in [2.75, 3.05) is 30.3 Å². The smallest absolute Gasteiger partial charge is 0.294 e. The van der Waals surface area contributed by atoms with Gasteiger partial charge >= 0.3 is 0 Å². The molecule has 2 heterocycles. The van der Waals surface area contributed by atoms with E-state index in [1.807, 2.05) is 18.7 Å². The molecule has 30 heavy (non-hydrogen) atoms. The van der Waals surface area contributed by atoms with Crippen molar-refractivity contribution < 1.29 is 14.5 Å². The summed E-state index contributed by atoms with van der Waals surface area (Å²) in [7, 11) is 0. The zero-order chi connectivity index (χ0) is 21.8. The fraction of sp³-hybridized carbons (Fsp3) is 0.421. The van der Waals surface area contributed by atoms with Gasteiger partial charge in [-0.2, -0.15) is 0 Å². The van der Waals surface area contributed by atoms with Gasteiger partial charge in [-0.25, -0.2) is 4.98 Å². The number of carbonyl (C=O) groups excluding carboxylic acids is 2. The second-order valence-corrected chi connectivity index (χ2v) is 8.83. The third-order valence-corrected chi connectivity index (χ3v) is 6.16. The van der Waals surface area contributed by atoms with Gasteiger partial charge < -0.3 is 10.6 Å². The Bertz CT molecular complexity index is 960. The number of rotatable bonds is 6. The topological polar surface area (TPSA) is 117 Å². The molecule has 0 aliphatic carbocycles. The van der Waals surface area contributed by atoms with E-state index in [0.717, 1.165) is 17.0 Å². The first-order chi connectivity index (χ1) is 14.2. The van der Waals surface area contributed by atoms with E-state index in [9.17, 15) is 19.7 Å². The summed E-state index contributed by atoms with van der Waals surface area (Å²) in [6.45, 7) is 5.09. The maximum atomic E-state index is 12.7. The minimum atomic E-state index is -0.582. The molecule has 0 bridgehead atoms. The first kappa shape index (κ1) is 22.1. The number of benzene rings is 1. The molecule has 1 fully saturated rings. The van der Waals surface area contributed by atoms with Crippen LogP contribution in [-0.2, 0) is 9.59 Å². The molecule has 9 nitrogen and oxygen atoms in total. The number of amides is 2. The maximum absolute atomic E-state index is 12.7. The molecule has 1 saturated heterocycles. The summed E-state index contributed by atoms with van der Waals surface area (Å²) in [5, 5.41) is 17.4. The molecule has 1 atom stereocenters. The number of hydrogen-bond donors (Lipinski definition) is 2. The molecule has 3 rings (SSSR count). The number of nitrogens with one attached hydrogen (secondary N) is 2. The van der Waals surface area contributed by atoms with Gasteiger partial charge in [-0.3, -0.25) is 24.6 Å². The predicted molar refractivity (Wildman–Crippen MR) is 116 cm³/mol. The van der Waals surface area contributed by atoms with E-state index in [4.69, 9.17) is 11.6 Å². The van der Waals surface area contributed by atoms with Gasteiger partial charge in [-0.05, 0) is 45.4 Å². The zero-order valence-corrected chi connectivity index (χ0v) is 18.2. The van der Waals surface area contributed by atoms with Crippen molar-refractivity contribution in [2.45, 2.75) is 26.7 Å². The highest BCUT2D eigenvalue weighted by atomic mass is 35.5. The van der Waals surface area contributed by atoms with Gasteiger partial charge in [0.25, 0.3) is 5.69 Å². The van der Waals surface area contributed by atoms with Crippen LogP contribution >= 0.6 is 22.9 Å². The van der Waals surface area contributed by atoms with Crippen LogP contribution in [0.1, 0.15) is 23.4 Å². The standard InChI is InChI=1S/C19H22ClN5O4S/c1-11-12(2)30-19(21-11)23-17(26)10-24-7-3-4-13(9-24)18(27)22-15-6-5-14(20)8-16(15)25(28)29/h5-6,8,13H,3-4,7,9-10H2,1-2H3,(H,22,27)(H,21,23,26). The summed E-state index contributed by atoms with van der Waals surface area (Å²) in [5.74, 6) is -0.860.